The summed E-state index contributed by atoms with van der Waals surface area (Å²) in [5.41, 5.74) is 3.12. The molecule has 25 heavy (non-hydrogen) atoms. The van der Waals surface area contributed by atoms with E-state index in [0.717, 1.165) is 31.7 Å². The van der Waals surface area contributed by atoms with Crippen molar-refractivity contribution in [1.29, 1.82) is 0 Å². The van der Waals surface area contributed by atoms with E-state index in [0.29, 0.717) is 23.7 Å². The second kappa shape index (κ2) is 9.66. The zero-order chi connectivity index (χ0) is 16.8. The normalized spacial score (nSPS) is 13.2. The van der Waals surface area contributed by atoms with Crippen LogP contribution in [0.3, 0.4) is 0 Å². The maximum Gasteiger partial charge on any atom is 0.251 e. The first-order valence-electron chi connectivity index (χ1n) is 8.23. The summed E-state index contributed by atoms with van der Waals surface area (Å²) in [7, 11) is 0. The van der Waals surface area contributed by atoms with E-state index in [4.69, 9.17) is 16.3 Å². The number of rotatable bonds is 5. The van der Waals surface area contributed by atoms with Gasteiger partial charge in [0.25, 0.3) is 5.91 Å². The molecule has 6 heteroatoms. The van der Waals surface area contributed by atoms with Gasteiger partial charge >= 0.3 is 0 Å². The Balaban J connectivity index is 0.00000225. The fourth-order valence-electron chi connectivity index (χ4n) is 2.88. The van der Waals surface area contributed by atoms with Crippen LogP contribution >= 0.6 is 24.0 Å². The van der Waals surface area contributed by atoms with Crippen LogP contribution in [0.15, 0.2) is 42.5 Å². The monoisotopic (exact) mass is 380 g/mol. The van der Waals surface area contributed by atoms with E-state index in [2.05, 4.69) is 16.7 Å². The predicted molar refractivity (Wildman–Crippen MR) is 103 cm³/mol. The van der Waals surface area contributed by atoms with Crippen LogP contribution in [0.25, 0.3) is 0 Å². The van der Waals surface area contributed by atoms with Crippen molar-refractivity contribution in [2.75, 3.05) is 26.2 Å². The van der Waals surface area contributed by atoms with Crippen molar-refractivity contribution in [3.63, 3.8) is 0 Å². The highest BCUT2D eigenvalue weighted by Gasteiger charge is 2.16. The molecule has 134 valence electrons. The third-order valence-electron chi connectivity index (χ3n) is 4.10. The van der Waals surface area contributed by atoms with Gasteiger partial charge in [-0.2, -0.15) is 0 Å². The van der Waals surface area contributed by atoms with Crippen LogP contribution < -0.4 is 15.4 Å². The molecule has 4 nitrogen and oxygen atoms in total. The quantitative estimate of drug-likeness (QED) is 0.782. The molecule has 1 aliphatic rings. The smallest absolute Gasteiger partial charge is 0.251 e. The number of hydrogen-bond acceptors (Lipinski definition) is 3. The number of benzene rings is 2. The van der Waals surface area contributed by atoms with Gasteiger partial charge in [-0.05, 0) is 49.7 Å². The van der Waals surface area contributed by atoms with Crippen LogP contribution in [0.4, 0.5) is 0 Å². The number of fused-ring (bicyclic) bond motifs is 1. The Morgan fingerprint density at radius 1 is 1.12 bits per heavy atom. The molecule has 3 rings (SSSR count). The Bertz CT molecular complexity index is 708. The topological polar surface area (TPSA) is 50.4 Å². The zero-order valence-electron chi connectivity index (χ0n) is 13.9. The molecule has 0 radical (unpaired) electrons. The number of carbonyl (C=O) groups is 1. The molecule has 0 aromatic heterocycles. The molecule has 1 aliphatic heterocycles. The fourth-order valence-corrected chi connectivity index (χ4v) is 3.11. The molecule has 0 unspecified atom stereocenters. The molecule has 0 fully saturated rings. The van der Waals surface area contributed by atoms with Gasteiger partial charge in [0.05, 0.1) is 11.6 Å². The van der Waals surface area contributed by atoms with E-state index >= 15 is 0 Å². The van der Waals surface area contributed by atoms with Gasteiger partial charge in [0.15, 0.2) is 0 Å². The summed E-state index contributed by atoms with van der Waals surface area (Å²) in [6.07, 6.45) is 1.88. The minimum Gasteiger partial charge on any atom is -0.490 e. The number of ether oxygens (including phenoxy) is 1. The van der Waals surface area contributed by atoms with Crippen molar-refractivity contribution >= 4 is 29.9 Å². The summed E-state index contributed by atoms with van der Waals surface area (Å²) >= 11 is 6.32. The Labute approximate surface area is 159 Å². The number of carbonyl (C=O) groups excluding carboxylic acids is 1. The lowest BCUT2D eigenvalue weighted by Gasteiger charge is -2.15. The summed E-state index contributed by atoms with van der Waals surface area (Å²) in [6, 6.07) is 13.1. The second-order valence-corrected chi connectivity index (χ2v) is 6.14. The van der Waals surface area contributed by atoms with Crippen molar-refractivity contribution in [2.45, 2.75) is 12.8 Å². The first kappa shape index (κ1) is 19.6. The first-order valence-corrected chi connectivity index (χ1v) is 8.60. The standard InChI is InChI=1S/C19H21ClN2O2.ClH/c20-17-7-6-14-8-10-21-11-9-16(14)18(17)24-13-12-22-19(23)15-4-2-1-3-5-15;/h1-7,21H,8-13H2,(H,22,23);1H. The third kappa shape index (κ3) is 5.11. The molecule has 0 atom stereocenters. The van der Waals surface area contributed by atoms with Gasteiger partial charge in [-0.3, -0.25) is 4.79 Å². The highest BCUT2D eigenvalue weighted by molar-refractivity contribution is 6.32. The number of nitrogens with one attached hydrogen (secondary N) is 2. The van der Waals surface area contributed by atoms with Crippen LogP contribution in [0.1, 0.15) is 21.5 Å². The van der Waals surface area contributed by atoms with Gasteiger partial charge in [-0.1, -0.05) is 35.9 Å². The van der Waals surface area contributed by atoms with Crippen molar-refractivity contribution < 1.29 is 9.53 Å². The summed E-state index contributed by atoms with van der Waals surface area (Å²) in [4.78, 5) is 12.0. The fraction of sp³-hybridized carbons (Fsp3) is 0.316. The maximum absolute atomic E-state index is 12.0. The molecule has 2 aromatic carbocycles. The summed E-state index contributed by atoms with van der Waals surface area (Å²) in [5.74, 6) is 0.660. The molecular weight excluding hydrogens is 359 g/mol. The average Bonchev–Trinajstić information content (AvgIpc) is 2.86. The van der Waals surface area contributed by atoms with E-state index < -0.39 is 0 Å². The Morgan fingerprint density at radius 3 is 2.68 bits per heavy atom. The summed E-state index contributed by atoms with van der Waals surface area (Å²) in [5, 5.41) is 6.88. The number of hydrogen-bond donors (Lipinski definition) is 2. The largest absolute Gasteiger partial charge is 0.490 e. The summed E-state index contributed by atoms with van der Waals surface area (Å²) < 4.78 is 5.90. The molecule has 2 N–H and O–H groups in total. The highest BCUT2D eigenvalue weighted by atomic mass is 35.5. The molecule has 0 bridgehead atoms. The molecule has 0 saturated heterocycles. The van der Waals surface area contributed by atoms with Gasteiger partial charge in [0.2, 0.25) is 0 Å². The lowest BCUT2D eigenvalue weighted by atomic mass is 10.0. The van der Waals surface area contributed by atoms with Gasteiger partial charge in [-0.15, -0.1) is 12.4 Å². The highest BCUT2D eigenvalue weighted by Crippen LogP contribution is 2.32. The molecule has 1 heterocycles. The van der Waals surface area contributed by atoms with E-state index in [1.165, 1.54) is 11.1 Å². The Kier molecular flexibility index (Phi) is 7.56. The lowest BCUT2D eigenvalue weighted by molar-refractivity contribution is 0.0947. The SMILES string of the molecule is Cl.O=C(NCCOc1c(Cl)ccc2c1CCNCC2)c1ccccc1. The van der Waals surface area contributed by atoms with Crippen molar-refractivity contribution in [1.82, 2.24) is 10.6 Å². The number of halogens is 2. The van der Waals surface area contributed by atoms with E-state index in [9.17, 15) is 4.79 Å². The first-order chi connectivity index (χ1) is 11.8. The summed E-state index contributed by atoms with van der Waals surface area (Å²) in [6.45, 7) is 2.73. The van der Waals surface area contributed by atoms with Crippen LogP contribution in [0.5, 0.6) is 5.75 Å². The van der Waals surface area contributed by atoms with Crippen molar-refractivity contribution in [3.05, 3.63) is 64.2 Å². The van der Waals surface area contributed by atoms with Crippen LogP contribution in [-0.2, 0) is 12.8 Å². The Morgan fingerprint density at radius 2 is 1.88 bits per heavy atom. The molecular formula is C19H22Cl2N2O2. The third-order valence-corrected chi connectivity index (χ3v) is 4.40. The van der Waals surface area contributed by atoms with Crippen molar-refractivity contribution in [2.24, 2.45) is 0 Å². The molecule has 0 saturated carbocycles. The second-order valence-electron chi connectivity index (χ2n) is 5.73. The zero-order valence-corrected chi connectivity index (χ0v) is 15.5. The van der Waals surface area contributed by atoms with Crippen molar-refractivity contribution in [3.8, 4) is 5.75 Å². The van der Waals surface area contributed by atoms with Gasteiger partial charge in [-0.25, -0.2) is 0 Å². The minimum atomic E-state index is -0.0959. The minimum absolute atomic E-state index is 0. The maximum atomic E-state index is 12.0. The lowest BCUT2D eigenvalue weighted by Crippen LogP contribution is -2.28. The molecule has 1 amide bonds. The van der Waals surface area contributed by atoms with Crippen LogP contribution in [0, 0.1) is 0 Å². The van der Waals surface area contributed by atoms with E-state index in [-0.39, 0.29) is 18.3 Å². The van der Waals surface area contributed by atoms with Crippen LogP contribution in [0.2, 0.25) is 5.02 Å². The molecule has 2 aromatic rings. The number of amides is 1. The van der Waals surface area contributed by atoms with Crippen LogP contribution in [-0.4, -0.2) is 32.1 Å². The van der Waals surface area contributed by atoms with Gasteiger partial charge < -0.3 is 15.4 Å². The molecule has 0 aliphatic carbocycles. The van der Waals surface area contributed by atoms with E-state index in [1.807, 2.05) is 24.3 Å². The molecule has 0 spiro atoms. The van der Waals surface area contributed by atoms with Gasteiger partial charge in [0, 0.05) is 11.1 Å². The van der Waals surface area contributed by atoms with Gasteiger partial charge in [0.1, 0.15) is 12.4 Å². The predicted octanol–water partition coefficient (Wildman–Crippen LogP) is 3.26. The average molecular weight is 381 g/mol. The Hall–Kier alpha value is -1.75. The van der Waals surface area contributed by atoms with E-state index in [1.54, 1.807) is 12.1 Å².